The Hall–Kier alpha value is -2.32. The van der Waals surface area contributed by atoms with Crippen molar-refractivity contribution in [3.05, 3.63) is 0 Å². The Morgan fingerprint density at radius 2 is 1.74 bits per heavy atom. The van der Waals surface area contributed by atoms with E-state index in [9.17, 15) is 19.2 Å². The smallest absolute Gasteiger partial charge is 0.444 e. The highest BCUT2D eigenvalue weighted by Gasteiger charge is 2.36. The van der Waals surface area contributed by atoms with Crippen LogP contribution in [-0.4, -0.2) is 58.8 Å². The number of nitrogens with zero attached hydrogens (tertiary/aromatic N) is 2. The number of rotatable bonds is 2. The van der Waals surface area contributed by atoms with E-state index in [2.05, 4.69) is 4.84 Å². The Bertz CT molecular complexity index is 510. The third-order valence-electron chi connectivity index (χ3n) is 3.23. The highest BCUT2D eigenvalue weighted by atomic mass is 16.8. The van der Waals surface area contributed by atoms with Crippen molar-refractivity contribution >= 4 is 24.1 Å². The molecule has 0 bridgehead atoms. The minimum Gasteiger partial charge on any atom is -0.444 e. The Balaban J connectivity index is 1.79. The maximum Gasteiger partial charge on any atom is 0.534 e. The van der Waals surface area contributed by atoms with E-state index in [4.69, 9.17) is 9.47 Å². The first kappa shape index (κ1) is 17.0. The molecular formula is C14H20N2O7. The van der Waals surface area contributed by atoms with Crippen LogP contribution in [0.5, 0.6) is 0 Å². The predicted octanol–water partition coefficient (Wildman–Crippen LogP) is 1.21. The van der Waals surface area contributed by atoms with Crippen LogP contribution in [0, 0.1) is 0 Å². The summed E-state index contributed by atoms with van der Waals surface area (Å²) in [5.41, 5.74) is -0.606. The van der Waals surface area contributed by atoms with Crippen molar-refractivity contribution in [3.63, 3.8) is 0 Å². The predicted molar refractivity (Wildman–Crippen MR) is 74.9 cm³/mol. The van der Waals surface area contributed by atoms with Crippen molar-refractivity contribution in [3.8, 4) is 0 Å². The van der Waals surface area contributed by atoms with Gasteiger partial charge in [-0.15, -0.1) is 0 Å². The number of ether oxygens (including phenoxy) is 2. The molecule has 2 saturated heterocycles. The summed E-state index contributed by atoms with van der Waals surface area (Å²) in [5, 5.41) is 0.420. The topological polar surface area (TPSA) is 102 Å². The Morgan fingerprint density at radius 3 is 2.30 bits per heavy atom. The van der Waals surface area contributed by atoms with Crippen LogP contribution in [0.4, 0.5) is 9.59 Å². The standard InChI is InChI=1S/C14H20N2O7/c1-14(2,3)22-12(19)15-7-6-9(8-15)21-13(20)23-16-10(17)4-5-11(16)18/h9H,4-8H2,1-3H3/t9-/m1/s1. The summed E-state index contributed by atoms with van der Waals surface area (Å²) in [6.07, 6.45) is -1.73. The molecule has 0 aliphatic carbocycles. The first-order chi connectivity index (χ1) is 10.7. The molecule has 2 heterocycles. The van der Waals surface area contributed by atoms with Gasteiger partial charge in [0.2, 0.25) is 0 Å². The molecule has 128 valence electrons. The first-order valence-corrected chi connectivity index (χ1v) is 7.38. The minimum absolute atomic E-state index is 0.0158. The van der Waals surface area contributed by atoms with Gasteiger partial charge >= 0.3 is 12.2 Å². The van der Waals surface area contributed by atoms with E-state index in [0.29, 0.717) is 18.0 Å². The fraction of sp³-hybridized carbons (Fsp3) is 0.714. The van der Waals surface area contributed by atoms with Crippen molar-refractivity contribution in [2.45, 2.75) is 51.7 Å². The van der Waals surface area contributed by atoms with Crippen LogP contribution in [0.3, 0.4) is 0 Å². The molecule has 0 aromatic heterocycles. The average Bonchev–Trinajstić information content (AvgIpc) is 2.99. The van der Waals surface area contributed by atoms with Gasteiger partial charge in [-0.25, -0.2) is 9.59 Å². The fourth-order valence-electron chi connectivity index (χ4n) is 2.21. The second-order valence-electron chi connectivity index (χ2n) is 6.38. The lowest BCUT2D eigenvalue weighted by Gasteiger charge is -2.24. The number of hydrogen-bond donors (Lipinski definition) is 0. The van der Waals surface area contributed by atoms with Gasteiger partial charge in [-0.05, 0) is 20.8 Å². The van der Waals surface area contributed by atoms with Gasteiger partial charge in [-0.3, -0.25) is 14.4 Å². The van der Waals surface area contributed by atoms with Gasteiger partial charge in [0.25, 0.3) is 11.8 Å². The van der Waals surface area contributed by atoms with Crippen LogP contribution in [-0.2, 0) is 23.9 Å². The molecule has 0 N–H and O–H groups in total. The van der Waals surface area contributed by atoms with Gasteiger partial charge in [-0.1, -0.05) is 5.06 Å². The van der Waals surface area contributed by atoms with Crippen LogP contribution >= 0.6 is 0 Å². The number of carbonyl (C=O) groups excluding carboxylic acids is 4. The minimum atomic E-state index is -1.13. The van der Waals surface area contributed by atoms with E-state index in [1.807, 2.05) is 0 Å². The van der Waals surface area contributed by atoms with Crippen LogP contribution in [0.25, 0.3) is 0 Å². The van der Waals surface area contributed by atoms with Crippen LogP contribution in [0.15, 0.2) is 0 Å². The van der Waals surface area contributed by atoms with E-state index < -0.39 is 35.8 Å². The van der Waals surface area contributed by atoms with Gasteiger partial charge < -0.3 is 14.4 Å². The van der Waals surface area contributed by atoms with E-state index in [1.54, 1.807) is 20.8 Å². The summed E-state index contributed by atoms with van der Waals surface area (Å²) >= 11 is 0. The van der Waals surface area contributed by atoms with Crippen molar-refractivity contribution in [1.82, 2.24) is 9.96 Å². The zero-order valence-electron chi connectivity index (χ0n) is 13.4. The van der Waals surface area contributed by atoms with Crippen molar-refractivity contribution in [1.29, 1.82) is 0 Å². The summed E-state index contributed by atoms with van der Waals surface area (Å²) in [6, 6.07) is 0. The van der Waals surface area contributed by atoms with Gasteiger partial charge in [0.1, 0.15) is 11.7 Å². The lowest BCUT2D eigenvalue weighted by Crippen LogP contribution is -2.37. The third kappa shape index (κ3) is 4.57. The number of imide groups is 1. The zero-order valence-corrected chi connectivity index (χ0v) is 13.4. The molecule has 0 spiro atoms. The zero-order chi connectivity index (χ0) is 17.2. The number of amides is 3. The summed E-state index contributed by atoms with van der Waals surface area (Å²) in [5.74, 6) is -1.15. The second-order valence-corrected chi connectivity index (χ2v) is 6.38. The van der Waals surface area contributed by atoms with Crippen LogP contribution in [0.2, 0.25) is 0 Å². The SMILES string of the molecule is CC(C)(C)OC(=O)N1CC[C@@H](OC(=O)ON2C(=O)CCC2=O)C1. The highest BCUT2D eigenvalue weighted by molar-refractivity contribution is 6.01. The molecule has 23 heavy (non-hydrogen) atoms. The number of hydrogen-bond acceptors (Lipinski definition) is 7. The Labute approximate surface area is 133 Å². The molecule has 0 saturated carbocycles. The summed E-state index contributed by atoms with van der Waals surface area (Å²) in [4.78, 5) is 52.2. The molecule has 2 fully saturated rings. The third-order valence-corrected chi connectivity index (χ3v) is 3.23. The fourth-order valence-corrected chi connectivity index (χ4v) is 2.21. The van der Waals surface area contributed by atoms with Gasteiger partial charge in [-0.2, -0.15) is 0 Å². The lowest BCUT2D eigenvalue weighted by atomic mass is 10.2. The molecule has 0 aromatic rings. The molecule has 1 atom stereocenters. The van der Waals surface area contributed by atoms with Crippen molar-refractivity contribution < 1.29 is 33.5 Å². The van der Waals surface area contributed by atoms with Crippen molar-refractivity contribution in [2.24, 2.45) is 0 Å². The molecule has 9 heteroatoms. The van der Waals surface area contributed by atoms with Gasteiger partial charge in [0.05, 0.1) is 6.54 Å². The van der Waals surface area contributed by atoms with E-state index >= 15 is 0 Å². The lowest BCUT2D eigenvalue weighted by molar-refractivity contribution is -0.178. The highest BCUT2D eigenvalue weighted by Crippen LogP contribution is 2.19. The maximum atomic E-state index is 11.9. The molecule has 0 unspecified atom stereocenters. The molecular weight excluding hydrogens is 308 g/mol. The summed E-state index contributed by atoms with van der Waals surface area (Å²) in [6.45, 7) is 5.84. The van der Waals surface area contributed by atoms with Gasteiger partial charge in [0, 0.05) is 25.8 Å². The maximum absolute atomic E-state index is 11.9. The Kier molecular flexibility index (Phi) is 4.76. The first-order valence-electron chi connectivity index (χ1n) is 7.38. The van der Waals surface area contributed by atoms with E-state index in [-0.39, 0.29) is 19.4 Å². The summed E-state index contributed by atoms with van der Waals surface area (Å²) < 4.78 is 10.3. The average molecular weight is 328 g/mol. The Morgan fingerprint density at radius 1 is 1.13 bits per heavy atom. The van der Waals surface area contributed by atoms with Gasteiger partial charge in [0.15, 0.2) is 0 Å². The van der Waals surface area contributed by atoms with Crippen LogP contribution in [0.1, 0.15) is 40.0 Å². The molecule has 3 amide bonds. The van der Waals surface area contributed by atoms with Crippen LogP contribution < -0.4 is 0 Å². The number of carbonyl (C=O) groups is 4. The van der Waals surface area contributed by atoms with E-state index in [0.717, 1.165) is 0 Å². The molecule has 9 nitrogen and oxygen atoms in total. The normalized spacial score (nSPS) is 21.6. The molecule has 2 rings (SSSR count). The number of likely N-dealkylation sites (tertiary alicyclic amines) is 1. The van der Waals surface area contributed by atoms with E-state index in [1.165, 1.54) is 4.90 Å². The molecule has 0 aromatic carbocycles. The summed E-state index contributed by atoms with van der Waals surface area (Å²) in [7, 11) is 0. The van der Waals surface area contributed by atoms with Crippen molar-refractivity contribution in [2.75, 3.05) is 13.1 Å². The number of hydroxylamine groups is 2. The molecule has 0 radical (unpaired) electrons. The monoisotopic (exact) mass is 328 g/mol. The largest absolute Gasteiger partial charge is 0.534 e. The molecule has 2 aliphatic rings. The second kappa shape index (κ2) is 6.43. The quantitative estimate of drug-likeness (QED) is 0.554. The molecule has 2 aliphatic heterocycles.